The third kappa shape index (κ3) is 6.25. The van der Waals surface area contributed by atoms with E-state index in [9.17, 15) is 0 Å². The molecule has 9 heteroatoms. The van der Waals surface area contributed by atoms with E-state index in [4.69, 9.17) is 16.6 Å². The molecule has 154 valence electrons. The third-order valence-corrected chi connectivity index (χ3v) is 6.35. The lowest BCUT2D eigenvalue weighted by atomic mass is 10.1. The van der Waals surface area contributed by atoms with E-state index in [1.54, 1.807) is 0 Å². The van der Waals surface area contributed by atoms with Gasteiger partial charge in [0.1, 0.15) is 12.4 Å². The van der Waals surface area contributed by atoms with E-state index in [2.05, 4.69) is 39.5 Å². The third-order valence-electron chi connectivity index (χ3n) is 4.75. The molecule has 0 spiro atoms. The fraction of sp³-hybridized carbons (Fsp3) is 0.526. The predicted octanol–water partition coefficient (Wildman–Crippen LogP) is 4.12. The van der Waals surface area contributed by atoms with E-state index in [-0.39, 0.29) is 24.0 Å². The normalized spacial score (nSPS) is 15.4. The Hall–Kier alpha value is -1.000. The molecule has 2 aromatic rings. The predicted molar refractivity (Wildman–Crippen MR) is 128 cm³/mol. The lowest BCUT2D eigenvalue weighted by Gasteiger charge is -2.34. The lowest BCUT2D eigenvalue weighted by molar-refractivity contribution is 0.337. The van der Waals surface area contributed by atoms with E-state index >= 15 is 0 Å². The van der Waals surface area contributed by atoms with Crippen LogP contribution in [0.4, 0.5) is 0 Å². The van der Waals surface area contributed by atoms with Crippen LogP contribution in [0.25, 0.3) is 0 Å². The number of hydrogen-bond acceptors (Lipinski definition) is 4. The summed E-state index contributed by atoms with van der Waals surface area (Å²) in [6.45, 7) is 7.47. The van der Waals surface area contributed by atoms with Crippen LogP contribution in [0.5, 0.6) is 0 Å². The SMILES string of the molecule is CCNC(=NCc1nnc(C)n1C)N1CCC(Sc2ccc(Cl)cc2)CC1.I. The standard InChI is InChI=1S/C19H27ClN6S.HI/c1-4-21-19(22-13-18-24-23-14(2)25(18)3)26-11-9-17(10-12-26)27-16-7-5-15(20)6-8-16;/h5-8,17H,4,9-13H2,1-3H3,(H,21,22);1H. The molecule has 0 unspecified atom stereocenters. The molecule has 1 aromatic carbocycles. The molecule has 0 amide bonds. The Morgan fingerprint density at radius 3 is 2.50 bits per heavy atom. The molecule has 0 aliphatic carbocycles. The number of likely N-dealkylation sites (tertiary alicyclic amines) is 1. The summed E-state index contributed by atoms with van der Waals surface area (Å²) < 4.78 is 1.99. The van der Waals surface area contributed by atoms with Crippen molar-refractivity contribution in [1.29, 1.82) is 0 Å². The average molecular weight is 535 g/mol. The number of piperidine rings is 1. The number of hydrogen-bond donors (Lipinski definition) is 1. The highest BCUT2D eigenvalue weighted by molar-refractivity contribution is 14.0. The molecule has 1 N–H and O–H groups in total. The first-order chi connectivity index (χ1) is 13.1. The maximum absolute atomic E-state index is 5.98. The van der Waals surface area contributed by atoms with Crippen molar-refractivity contribution in [3.05, 3.63) is 40.9 Å². The Labute approximate surface area is 193 Å². The number of aliphatic imine (C=N–C) groups is 1. The van der Waals surface area contributed by atoms with Crippen LogP contribution in [0.1, 0.15) is 31.4 Å². The Morgan fingerprint density at radius 2 is 1.93 bits per heavy atom. The van der Waals surface area contributed by atoms with Gasteiger partial charge in [-0.1, -0.05) is 11.6 Å². The van der Waals surface area contributed by atoms with Gasteiger partial charge in [0.25, 0.3) is 0 Å². The quantitative estimate of drug-likeness (QED) is 0.355. The van der Waals surface area contributed by atoms with Crippen LogP contribution in [0, 0.1) is 6.92 Å². The molecule has 1 aliphatic heterocycles. The summed E-state index contributed by atoms with van der Waals surface area (Å²) in [5.41, 5.74) is 0. The Morgan fingerprint density at radius 1 is 1.25 bits per heavy atom. The zero-order valence-electron chi connectivity index (χ0n) is 16.6. The summed E-state index contributed by atoms with van der Waals surface area (Å²) in [7, 11) is 1.98. The number of thioether (sulfide) groups is 1. The van der Waals surface area contributed by atoms with Crippen LogP contribution in [0.2, 0.25) is 5.02 Å². The minimum atomic E-state index is 0. The van der Waals surface area contributed by atoms with Gasteiger partial charge in [-0.25, -0.2) is 4.99 Å². The van der Waals surface area contributed by atoms with E-state index < -0.39 is 0 Å². The number of aromatic nitrogens is 3. The average Bonchev–Trinajstić information content (AvgIpc) is 3.00. The van der Waals surface area contributed by atoms with Gasteiger partial charge in [-0.05, 0) is 51.0 Å². The van der Waals surface area contributed by atoms with Crippen LogP contribution in [-0.2, 0) is 13.6 Å². The maximum atomic E-state index is 5.98. The number of rotatable bonds is 5. The van der Waals surface area contributed by atoms with Gasteiger partial charge in [-0.2, -0.15) is 0 Å². The highest BCUT2D eigenvalue weighted by atomic mass is 127. The van der Waals surface area contributed by atoms with Gasteiger partial charge in [-0.15, -0.1) is 45.9 Å². The molecule has 0 bridgehead atoms. The summed E-state index contributed by atoms with van der Waals surface area (Å²) in [6.07, 6.45) is 2.28. The Balaban J connectivity index is 0.00000280. The van der Waals surface area contributed by atoms with Crippen LogP contribution in [0.3, 0.4) is 0 Å². The molecule has 3 rings (SSSR count). The summed E-state index contributed by atoms with van der Waals surface area (Å²) >= 11 is 7.93. The van der Waals surface area contributed by atoms with Crippen molar-refractivity contribution in [2.45, 2.75) is 43.4 Å². The molecule has 28 heavy (non-hydrogen) atoms. The molecule has 6 nitrogen and oxygen atoms in total. The number of aryl methyl sites for hydroxylation is 1. The van der Waals surface area contributed by atoms with Gasteiger partial charge in [0.2, 0.25) is 0 Å². The number of benzene rings is 1. The van der Waals surface area contributed by atoms with E-state index in [0.717, 1.165) is 55.1 Å². The number of guanidine groups is 1. The van der Waals surface area contributed by atoms with Gasteiger partial charge >= 0.3 is 0 Å². The molecule has 1 saturated heterocycles. The maximum Gasteiger partial charge on any atom is 0.194 e. The van der Waals surface area contributed by atoms with Crippen molar-refractivity contribution in [2.75, 3.05) is 19.6 Å². The van der Waals surface area contributed by atoms with Crippen LogP contribution in [-0.4, -0.2) is 50.5 Å². The summed E-state index contributed by atoms with van der Waals surface area (Å²) in [5, 5.41) is 13.1. The van der Waals surface area contributed by atoms with Crippen LogP contribution < -0.4 is 5.32 Å². The molecule has 2 heterocycles. The Bertz CT molecular complexity index is 771. The fourth-order valence-electron chi connectivity index (χ4n) is 3.05. The molecular weight excluding hydrogens is 507 g/mol. The molecule has 0 saturated carbocycles. The largest absolute Gasteiger partial charge is 0.357 e. The minimum absolute atomic E-state index is 0. The second-order valence-corrected chi connectivity index (χ2v) is 8.46. The smallest absolute Gasteiger partial charge is 0.194 e. The van der Waals surface area contributed by atoms with E-state index in [1.165, 1.54) is 4.90 Å². The lowest BCUT2D eigenvalue weighted by Crippen LogP contribution is -2.46. The van der Waals surface area contributed by atoms with Crippen molar-refractivity contribution in [3.63, 3.8) is 0 Å². The van der Waals surface area contributed by atoms with Crippen LogP contribution in [0.15, 0.2) is 34.2 Å². The van der Waals surface area contributed by atoms with Gasteiger partial charge < -0.3 is 14.8 Å². The van der Waals surface area contributed by atoms with Gasteiger partial charge in [0, 0.05) is 41.8 Å². The van der Waals surface area contributed by atoms with Crippen LogP contribution >= 0.6 is 47.3 Å². The summed E-state index contributed by atoms with van der Waals surface area (Å²) in [6, 6.07) is 8.13. The van der Waals surface area contributed by atoms with Gasteiger partial charge in [-0.3, -0.25) is 0 Å². The number of nitrogens with one attached hydrogen (secondary N) is 1. The minimum Gasteiger partial charge on any atom is -0.357 e. The molecule has 0 atom stereocenters. The molecular formula is C19H28ClIN6S. The first kappa shape index (κ1) is 23.3. The summed E-state index contributed by atoms with van der Waals surface area (Å²) in [4.78, 5) is 8.43. The van der Waals surface area contributed by atoms with Crippen molar-refractivity contribution in [3.8, 4) is 0 Å². The van der Waals surface area contributed by atoms with Crippen molar-refractivity contribution in [1.82, 2.24) is 25.0 Å². The topological polar surface area (TPSA) is 58.3 Å². The first-order valence-corrected chi connectivity index (χ1v) is 10.6. The Kier molecular flexibility index (Phi) is 9.36. The van der Waals surface area contributed by atoms with Crippen molar-refractivity contribution < 1.29 is 0 Å². The van der Waals surface area contributed by atoms with E-state index in [0.29, 0.717) is 11.8 Å². The van der Waals surface area contributed by atoms with Gasteiger partial charge in [0.05, 0.1) is 0 Å². The number of nitrogens with zero attached hydrogens (tertiary/aromatic N) is 5. The van der Waals surface area contributed by atoms with Crippen molar-refractivity contribution in [2.24, 2.45) is 12.0 Å². The molecule has 0 radical (unpaired) electrons. The highest BCUT2D eigenvalue weighted by Gasteiger charge is 2.22. The zero-order chi connectivity index (χ0) is 19.2. The first-order valence-electron chi connectivity index (χ1n) is 9.37. The zero-order valence-corrected chi connectivity index (χ0v) is 20.5. The highest BCUT2D eigenvalue weighted by Crippen LogP contribution is 2.31. The monoisotopic (exact) mass is 534 g/mol. The molecule has 1 aromatic heterocycles. The van der Waals surface area contributed by atoms with E-state index in [1.807, 2.05) is 42.4 Å². The fourth-order valence-corrected chi connectivity index (χ4v) is 4.30. The van der Waals surface area contributed by atoms with Crippen molar-refractivity contribution >= 4 is 53.3 Å². The summed E-state index contributed by atoms with van der Waals surface area (Å²) in [5.74, 6) is 2.76. The molecule has 1 aliphatic rings. The second kappa shape index (κ2) is 11.3. The van der Waals surface area contributed by atoms with Gasteiger partial charge in [0.15, 0.2) is 11.8 Å². The molecule has 1 fully saturated rings. The second-order valence-electron chi connectivity index (χ2n) is 6.65. The number of halogens is 2.